The molecule has 1 aromatic carbocycles. The molecule has 1 aliphatic rings. The highest BCUT2D eigenvalue weighted by Crippen LogP contribution is 2.44. The molecular formula is C15H19FO3. The maximum atomic E-state index is 14.1. The van der Waals surface area contributed by atoms with E-state index in [1.54, 1.807) is 18.2 Å². The predicted octanol–water partition coefficient (Wildman–Crippen LogP) is 2.54. The zero-order chi connectivity index (χ0) is 14.0. The number of rotatable bonds is 4. The SMILES string of the molecule is COC(=O)C(C(C)C)C1(c2ccccc2F)COC1. The largest absolute Gasteiger partial charge is 0.469 e. The van der Waals surface area contributed by atoms with Crippen LogP contribution in [0.1, 0.15) is 19.4 Å². The van der Waals surface area contributed by atoms with E-state index in [4.69, 9.17) is 9.47 Å². The number of hydrogen-bond acceptors (Lipinski definition) is 3. The monoisotopic (exact) mass is 266 g/mol. The molecule has 104 valence electrons. The highest BCUT2D eigenvalue weighted by molar-refractivity contribution is 5.75. The van der Waals surface area contributed by atoms with Crippen molar-refractivity contribution >= 4 is 5.97 Å². The van der Waals surface area contributed by atoms with Crippen LogP contribution >= 0.6 is 0 Å². The standard InChI is InChI=1S/C15H19FO3/c1-10(2)13(14(17)18-3)15(8-19-9-15)11-6-4-5-7-12(11)16/h4-7,10,13H,8-9H2,1-3H3. The molecule has 0 bridgehead atoms. The molecule has 1 unspecified atom stereocenters. The van der Waals surface area contributed by atoms with Crippen LogP contribution in [0.5, 0.6) is 0 Å². The minimum absolute atomic E-state index is 0.0518. The van der Waals surface area contributed by atoms with Crippen molar-refractivity contribution in [3.63, 3.8) is 0 Å². The van der Waals surface area contributed by atoms with Gasteiger partial charge in [0.2, 0.25) is 0 Å². The van der Waals surface area contributed by atoms with Crippen molar-refractivity contribution in [3.8, 4) is 0 Å². The van der Waals surface area contributed by atoms with Gasteiger partial charge >= 0.3 is 5.97 Å². The second-order valence-corrected chi connectivity index (χ2v) is 5.37. The first-order valence-corrected chi connectivity index (χ1v) is 6.43. The molecule has 1 heterocycles. The van der Waals surface area contributed by atoms with Crippen LogP contribution in [0.4, 0.5) is 4.39 Å². The Morgan fingerprint density at radius 3 is 2.42 bits per heavy atom. The Morgan fingerprint density at radius 1 is 1.37 bits per heavy atom. The number of halogens is 1. The Labute approximate surface area is 112 Å². The summed E-state index contributed by atoms with van der Waals surface area (Å²) in [6.45, 7) is 4.60. The Hall–Kier alpha value is -1.42. The van der Waals surface area contributed by atoms with Crippen LogP contribution in [0, 0.1) is 17.7 Å². The van der Waals surface area contributed by atoms with Gasteiger partial charge in [0.05, 0.1) is 31.7 Å². The molecule has 1 aromatic rings. The van der Waals surface area contributed by atoms with Crippen molar-refractivity contribution in [2.75, 3.05) is 20.3 Å². The van der Waals surface area contributed by atoms with Gasteiger partial charge in [-0.3, -0.25) is 4.79 Å². The van der Waals surface area contributed by atoms with Crippen LogP contribution < -0.4 is 0 Å². The first-order valence-electron chi connectivity index (χ1n) is 6.43. The summed E-state index contributed by atoms with van der Waals surface area (Å²) in [5, 5.41) is 0. The molecule has 3 nitrogen and oxygen atoms in total. The van der Waals surface area contributed by atoms with Gasteiger partial charge in [0.1, 0.15) is 5.82 Å². The van der Waals surface area contributed by atoms with E-state index < -0.39 is 11.3 Å². The Bertz CT molecular complexity index is 466. The number of ether oxygens (including phenoxy) is 2. The van der Waals surface area contributed by atoms with Crippen molar-refractivity contribution in [2.45, 2.75) is 19.3 Å². The second-order valence-electron chi connectivity index (χ2n) is 5.37. The summed E-state index contributed by atoms with van der Waals surface area (Å²) < 4.78 is 24.3. The third-order valence-electron chi connectivity index (χ3n) is 3.85. The lowest BCUT2D eigenvalue weighted by molar-refractivity contribution is -0.164. The fourth-order valence-electron chi connectivity index (χ4n) is 2.95. The van der Waals surface area contributed by atoms with Crippen LogP contribution in [0.15, 0.2) is 24.3 Å². The van der Waals surface area contributed by atoms with Crippen LogP contribution in [0.2, 0.25) is 0 Å². The lowest BCUT2D eigenvalue weighted by Crippen LogP contribution is -2.57. The minimum Gasteiger partial charge on any atom is -0.469 e. The molecule has 1 saturated heterocycles. The average Bonchev–Trinajstić information content (AvgIpc) is 2.33. The molecule has 0 amide bonds. The van der Waals surface area contributed by atoms with E-state index in [9.17, 15) is 9.18 Å². The summed E-state index contributed by atoms with van der Waals surface area (Å²) in [7, 11) is 1.37. The van der Waals surface area contributed by atoms with Gasteiger partial charge < -0.3 is 9.47 Å². The van der Waals surface area contributed by atoms with Crippen molar-refractivity contribution < 1.29 is 18.7 Å². The molecule has 19 heavy (non-hydrogen) atoms. The van der Waals surface area contributed by atoms with E-state index in [-0.39, 0.29) is 17.7 Å². The molecule has 2 rings (SSSR count). The summed E-state index contributed by atoms with van der Waals surface area (Å²) in [5.74, 6) is -0.944. The Kier molecular flexibility index (Phi) is 3.90. The second kappa shape index (κ2) is 5.29. The molecular weight excluding hydrogens is 247 g/mol. The van der Waals surface area contributed by atoms with Crippen LogP contribution in [-0.4, -0.2) is 26.3 Å². The van der Waals surface area contributed by atoms with Crippen LogP contribution in [-0.2, 0) is 19.7 Å². The zero-order valence-electron chi connectivity index (χ0n) is 11.5. The minimum atomic E-state index is -0.605. The number of esters is 1. The molecule has 0 aliphatic carbocycles. The van der Waals surface area contributed by atoms with Gasteiger partial charge in [0.15, 0.2) is 0 Å². The molecule has 0 aromatic heterocycles. The van der Waals surface area contributed by atoms with Gasteiger partial charge in [0, 0.05) is 0 Å². The Balaban J connectivity index is 2.47. The average molecular weight is 266 g/mol. The van der Waals surface area contributed by atoms with E-state index in [0.29, 0.717) is 18.8 Å². The van der Waals surface area contributed by atoms with E-state index in [0.717, 1.165) is 0 Å². The van der Waals surface area contributed by atoms with Crippen LogP contribution in [0.3, 0.4) is 0 Å². The van der Waals surface area contributed by atoms with Crippen molar-refractivity contribution in [1.29, 1.82) is 0 Å². The summed E-state index contributed by atoms with van der Waals surface area (Å²) in [6.07, 6.45) is 0. The van der Waals surface area contributed by atoms with Crippen molar-refractivity contribution in [2.24, 2.45) is 11.8 Å². The lowest BCUT2D eigenvalue weighted by atomic mass is 9.64. The van der Waals surface area contributed by atoms with E-state index in [1.165, 1.54) is 13.2 Å². The summed E-state index contributed by atoms with van der Waals surface area (Å²) in [5.41, 5.74) is -0.0579. The fraction of sp³-hybridized carbons (Fsp3) is 0.533. The van der Waals surface area contributed by atoms with Gasteiger partial charge in [-0.15, -0.1) is 0 Å². The molecule has 4 heteroatoms. The van der Waals surface area contributed by atoms with E-state index in [2.05, 4.69) is 0 Å². The smallest absolute Gasteiger partial charge is 0.310 e. The lowest BCUT2D eigenvalue weighted by Gasteiger charge is -2.47. The van der Waals surface area contributed by atoms with Gasteiger partial charge in [0.25, 0.3) is 0 Å². The first kappa shape index (κ1) is 14.0. The van der Waals surface area contributed by atoms with Crippen molar-refractivity contribution in [3.05, 3.63) is 35.6 Å². The Morgan fingerprint density at radius 2 is 2.00 bits per heavy atom. The number of hydrogen-bond donors (Lipinski definition) is 0. The van der Waals surface area contributed by atoms with Crippen LogP contribution in [0.25, 0.3) is 0 Å². The molecule has 1 fully saturated rings. The maximum Gasteiger partial charge on any atom is 0.310 e. The molecule has 0 spiro atoms. The maximum absolute atomic E-state index is 14.1. The summed E-state index contributed by atoms with van der Waals surface area (Å²) in [4.78, 5) is 12.1. The summed E-state index contributed by atoms with van der Waals surface area (Å²) in [6, 6.07) is 6.59. The molecule has 0 saturated carbocycles. The quantitative estimate of drug-likeness (QED) is 0.786. The van der Waals surface area contributed by atoms with E-state index in [1.807, 2.05) is 13.8 Å². The number of benzene rings is 1. The third kappa shape index (κ3) is 2.25. The zero-order valence-corrected chi connectivity index (χ0v) is 11.5. The van der Waals surface area contributed by atoms with Crippen molar-refractivity contribution in [1.82, 2.24) is 0 Å². The molecule has 0 radical (unpaired) electrons. The molecule has 0 N–H and O–H groups in total. The number of carbonyl (C=O) groups is 1. The van der Waals surface area contributed by atoms with Gasteiger partial charge in [-0.25, -0.2) is 4.39 Å². The van der Waals surface area contributed by atoms with Gasteiger partial charge in [-0.05, 0) is 17.5 Å². The fourth-order valence-corrected chi connectivity index (χ4v) is 2.95. The molecule has 1 aliphatic heterocycles. The first-order chi connectivity index (χ1) is 9.03. The van der Waals surface area contributed by atoms with E-state index >= 15 is 0 Å². The summed E-state index contributed by atoms with van der Waals surface area (Å²) >= 11 is 0. The highest BCUT2D eigenvalue weighted by atomic mass is 19.1. The highest BCUT2D eigenvalue weighted by Gasteiger charge is 2.53. The molecule has 1 atom stereocenters. The third-order valence-corrected chi connectivity index (χ3v) is 3.85. The topological polar surface area (TPSA) is 35.5 Å². The van der Waals surface area contributed by atoms with Gasteiger partial charge in [-0.2, -0.15) is 0 Å². The predicted molar refractivity (Wildman–Crippen MR) is 69.2 cm³/mol. The number of methoxy groups -OCH3 is 1. The normalized spacial score (nSPS) is 18.8. The van der Waals surface area contributed by atoms with Gasteiger partial charge in [-0.1, -0.05) is 32.0 Å². The number of carbonyl (C=O) groups excluding carboxylic acids is 1.